The Morgan fingerprint density at radius 1 is 1.00 bits per heavy atom. The van der Waals surface area contributed by atoms with Crippen LogP contribution >= 0.6 is 23.2 Å². The van der Waals surface area contributed by atoms with Gasteiger partial charge in [0.15, 0.2) is 5.82 Å². The van der Waals surface area contributed by atoms with E-state index in [0.717, 1.165) is 70.6 Å². The van der Waals surface area contributed by atoms with Crippen molar-refractivity contribution in [1.82, 2.24) is 29.7 Å². The monoisotopic (exact) mass is 531 g/mol. The number of H-pyrrole nitrogens is 1. The summed E-state index contributed by atoms with van der Waals surface area (Å²) in [4.78, 5) is 16.8. The highest BCUT2D eigenvalue weighted by Gasteiger charge is 2.39. The van der Waals surface area contributed by atoms with E-state index >= 15 is 0 Å². The number of nitrogens with zero attached hydrogens (tertiary/aromatic N) is 6. The fraction of sp³-hybridized carbons (Fsp3) is 0.333. The third-order valence-electron chi connectivity index (χ3n) is 8.23. The van der Waals surface area contributed by atoms with Crippen molar-refractivity contribution in [3.8, 4) is 17.1 Å². The van der Waals surface area contributed by atoms with Gasteiger partial charge >= 0.3 is 0 Å². The third kappa shape index (κ3) is 3.25. The van der Waals surface area contributed by atoms with Gasteiger partial charge in [0.2, 0.25) is 5.28 Å². The molecule has 1 saturated carbocycles. The molecule has 0 bridgehead atoms. The molecule has 2 aliphatic heterocycles. The number of hydrogen-bond acceptors (Lipinski definition) is 6. The number of fused-ring (bicyclic) bond motifs is 6. The number of benzene rings is 2. The summed E-state index contributed by atoms with van der Waals surface area (Å²) < 4.78 is 7.97. The van der Waals surface area contributed by atoms with Crippen molar-refractivity contribution >= 4 is 50.8 Å². The van der Waals surface area contributed by atoms with Crippen LogP contribution in [0.5, 0.6) is 0 Å². The Labute approximate surface area is 222 Å². The molecule has 0 radical (unpaired) electrons. The minimum Gasteiger partial charge on any atom is -0.378 e. The number of nitrogens with one attached hydrogen (secondary N) is 1. The molecule has 186 valence electrons. The lowest BCUT2D eigenvalue weighted by molar-refractivity contribution is 0.122. The normalized spacial score (nSPS) is 20.9. The van der Waals surface area contributed by atoms with Crippen LogP contribution in [0.25, 0.3) is 39.0 Å². The number of morpholine rings is 1. The number of aromatic nitrogens is 6. The van der Waals surface area contributed by atoms with Crippen LogP contribution in [0.4, 0.5) is 5.69 Å². The van der Waals surface area contributed by atoms with Crippen LogP contribution in [0.2, 0.25) is 10.3 Å². The van der Waals surface area contributed by atoms with Gasteiger partial charge in [-0.25, -0.2) is 10.1 Å². The average Bonchev–Trinajstić information content (AvgIpc) is 3.50. The first-order valence-electron chi connectivity index (χ1n) is 12.7. The number of hydrogen-bond donors (Lipinski definition) is 1. The van der Waals surface area contributed by atoms with Gasteiger partial charge in [-0.05, 0) is 66.6 Å². The van der Waals surface area contributed by atoms with E-state index in [1.54, 1.807) is 0 Å². The van der Waals surface area contributed by atoms with E-state index in [1.165, 1.54) is 12.0 Å². The molecule has 3 aliphatic rings. The highest BCUT2D eigenvalue weighted by molar-refractivity contribution is 6.35. The highest BCUT2D eigenvalue weighted by Crippen LogP contribution is 2.49. The molecule has 1 N–H and O–H groups in total. The Morgan fingerprint density at radius 3 is 2.68 bits per heavy atom. The average molecular weight is 532 g/mol. The molecule has 8 nitrogen and oxygen atoms in total. The van der Waals surface area contributed by atoms with Crippen molar-refractivity contribution in [3.63, 3.8) is 0 Å². The van der Waals surface area contributed by atoms with E-state index < -0.39 is 0 Å². The Kier molecular flexibility index (Phi) is 4.81. The Balaban J connectivity index is 1.49. The quantitative estimate of drug-likeness (QED) is 0.321. The first kappa shape index (κ1) is 21.8. The van der Waals surface area contributed by atoms with Gasteiger partial charge in [0, 0.05) is 36.3 Å². The Bertz CT molecular complexity index is 1700. The van der Waals surface area contributed by atoms with Crippen LogP contribution in [0.15, 0.2) is 36.5 Å². The van der Waals surface area contributed by atoms with Crippen LogP contribution in [0.1, 0.15) is 30.1 Å². The van der Waals surface area contributed by atoms with Crippen LogP contribution in [-0.2, 0) is 11.2 Å². The second-order valence-electron chi connectivity index (χ2n) is 10.1. The lowest BCUT2D eigenvalue weighted by Gasteiger charge is -2.38. The highest BCUT2D eigenvalue weighted by atomic mass is 35.5. The molecule has 2 fully saturated rings. The number of aromatic amines is 1. The SMILES string of the molecule is Clc1nc(-c2cc(N3CCOCC3)cc3c2nc2n3-c3ccnc4c(Cl)ccc(c34)C[C@@H]3CCC23)n[nH]1. The third-order valence-corrected chi connectivity index (χ3v) is 8.70. The van der Waals surface area contributed by atoms with E-state index in [9.17, 15) is 0 Å². The van der Waals surface area contributed by atoms with Crippen LogP contribution in [-0.4, -0.2) is 56.0 Å². The zero-order chi connectivity index (χ0) is 24.7. The summed E-state index contributed by atoms with van der Waals surface area (Å²) in [7, 11) is 0. The molecule has 5 aromatic rings. The number of ether oxygens (including phenoxy) is 1. The molecule has 10 heteroatoms. The summed E-state index contributed by atoms with van der Waals surface area (Å²) in [6.45, 7) is 3.04. The second-order valence-corrected chi connectivity index (χ2v) is 10.9. The summed E-state index contributed by atoms with van der Waals surface area (Å²) >= 11 is 12.8. The first-order chi connectivity index (χ1) is 18.2. The van der Waals surface area contributed by atoms with E-state index in [0.29, 0.717) is 35.9 Å². The van der Waals surface area contributed by atoms with E-state index in [1.807, 2.05) is 12.3 Å². The Morgan fingerprint density at radius 2 is 1.89 bits per heavy atom. The molecule has 2 aromatic carbocycles. The number of imidazole rings is 1. The topological polar surface area (TPSA) is 84.8 Å². The predicted molar refractivity (Wildman–Crippen MR) is 144 cm³/mol. The largest absolute Gasteiger partial charge is 0.378 e. The van der Waals surface area contributed by atoms with Crippen molar-refractivity contribution in [2.45, 2.75) is 25.2 Å². The maximum absolute atomic E-state index is 6.67. The van der Waals surface area contributed by atoms with Crippen molar-refractivity contribution < 1.29 is 4.74 Å². The van der Waals surface area contributed by atoms with Gasteiger partial charge in [0.25, 0.3) is 0 Å². The van der Waals surface area contributed by atoms with Gasteiger partial charge < -0.3 is 9.64 Å². The van der Waals surface area contributed by atoms with Crippen molar-refractivity contribution in [1.29, 1.82) is 0 Å². The molecular formula is C27H23Cl2N7O. The van der Waals surface area contributed by atoms with Crippen LogP contribution in [0.3, 0.4) is 0 Å². The molecule has 37 heavy (non-hydrogen) atoms. The van der Waals surface area contributed by atoms with Crippen molar-refractivity contribution in [2.24, 2.45) is 5.92 Å². The second kappa shape index (κ2) is 8.15. The molecule has 3 aromatic heterocycles. The first-order valence-corrected chi connectivity index (χ1v) is 13.4. The zero-order valence-electron chi connectivity index (χ0n) is 19.9. The molecule has 1 saturated heterocycles. The molecule has 1 aliphatic carbocycles. The van der Waals surface area contributed by atoms with Crippen molar-refractivity contribution in [3.05, 3.63) is 58.2 Å². The number of anilines is 1. The van der Waals surface area contributed by atoms with Gasteiger partial charge in [-0.3, -0.25) is 9.55 Å². The summed E-state index contributed by atoms with van der Waals surface area (Å²) in [5, 5.41) is 9.24. The lowest BCUT2D eigenvalue weighted by Crippen LogP contribution is -2.36. The fourth-order valence-electron chi connectivity index (χ4n) is 6.30. The molecule has 2 atom stereocenters. The van der Waals surface area contributed by atoms with E-state index in [2.05, 4.69) is 53.9 Å². The summed E-state index contributed by atoms with van der Waals surface area (Å²) in [5.41, 5.74) is 7.09. The van der Waals surface area contributed by atoms with Gasteiger partial charge in [0.05, 0.1) is 40.5 Å². The molecule has 0 amide bonds. The van der Waals surface area contributed by atoms with Gasteiger partial charge in [-0.15, -0.1) is 0 Å². The minimum atomic E-state index is 0.260. The summed E-state index contributed by atoms with van der Waals surface area (Å²) in [6.07, 6.45) is 5.17. The molecule has 8 rings (SSSR count). The molecule has 0 spiro atoms. The maximum Gasteiger partial charge on any atom is 0.218 e. The summed E-state index contributed by atoms with van der Waals surface area (Å²) in [5.74, 6) is 2.55. The number of rotatable bonds is 2. The smallest absolute Gasteiger partial charge is 0.218 e. The molecule has 1 unspecified atom stereocenters. The minimum absolute atomic E-state index is 0.260. The standard InChI is InChI=1S/C27H23Cl2N7O/c28-19-4-2-15-11-14-1-3-17(14)26-31-23-18(25-32-27(29)34-33-25)12-16(35-7-9-37-10-8-35)13-21(23)36(26)20-5-6-30-24(19)22(15)20/h2,4-6,12-14,17H,1,3,7-11H2,(H,32,33,34)/t14-,17?/m0/s1. The predicted octanol–water partition coefficient (Wildman–Crippen LogP) is 5.55. The van der Waals surface area contributed by atoms with Crippen LogP contribution in [0, 0.1) is 5.92 Å². The Hall–Kier alpha value is -3.20. The van der Waals surface area contributed by atoms with Crippen molar-refractivity contribution in [2.75, 3.05) is 31.2 Å². The summed E-state index contributed by atoms with van der Waals surface area (Å²) in [6, 6.07) is 10.6. The fourth-order valence-corrected chi connectivity index (χ4v) is 6.63. The van der Waals surface area contributed by atoms with Gasteiger partial charge in [0.1, 0.15) is 11.3 Å². The lowest BCUT2D eigenvalue weighted by atomic mass is 9.69. The molecular weight excluding hydrogens is 509 g/mol. The van der Waals surface area contributed by atoms with Gasteiger partial charge in [-0.2, -0.15) is 10.1 Å². The van der Waals surface area contributed by atoms with E-state index in [4.69, 9.17) is 32.9 Å². The zero-order valence-corrected chi connectivity index (χ0v) is 21.4. The van der Waals surface area contributed by atoms with E-state index in [-0.39, 0.29) is 5.28 Å². The number of pyridine rings is 1. The maximum atomic E-state index is 6.67. The number of halogens is 2. The van der Waals surface area contributed by atoms with Gasteiger partial charge in [-0.1, -0.05) is 17.7 Å². The molecule has 5 heterocycles. The van der Waals surface area contributed by atoms with Crippen LogP contribution < -0.4 is 4.90 Å².